The topological polar surface area (TPSA) is 84.0 Å². The van der Waals surface area contributed by atoms with Gasteiger partial charge in [0, 0.05) is 7.05 Å². The lowest BCUT2D eigenvalue weighted by Crippen LogP contribution is -2.39. The van der Waals surface area contributed by atoms with E-state index < -0.39 is 17.2 Å². The van der Waals surface area contributed by atoms with Crippen LogP contribution in [0, 0.1) is 0 Å². The molecule has 2 N–H and O–H groups in total. The van der Waals surface area contributed by atoms with Gasteiger partial charge >= 0.3 is 5.69 Å². The summed E-state index contributed by atoms with van der Waals surface area (Å²) < 4.78 is 0.876. The number of nitrogens with zero attached hydrogens (tertiary/aromatic N) is 1. The molecule has 0 aliphatic heterocycles. The molecule has 2 aromatic rings. The lowest BCUT2D eigenvalue weighted by Gasteiger charge is -2.04. The van der Waals surface area contributed by atoms with E-state index >= 15 is 0 Å². The number of hydrogen-bond donors (Lipinski definition) is 2. The monoisotopic (exact) mass is 233 g/mol. The summed E-state index contributed by atoms with van der Waals surface area (Å²) in [5.41, 5.74) is -0.582. The maximum absolute atomic E-state index is 12.0. The molecule has 0 fully saturated rings. The second-order valence-corrected chi connectivity index (χ2v) is 3.54. The summed E-state index contributed by atoms with van der Waals surface area (Å²) in [5.74, 6) is -0.395. The maximum atomic E-state index is 12.0. The van der Waals surface area contributed by atoms with Gasteiger partial charge in [-0.1, -0.05) is 12.1 Å². The Bertz CT molecular complexity index is 684. The van der Waals surface area contributed by atoms with Gasteiger partial charge in [0.1, 0.15) is 6.54 Å². The zero-order valence-electron chi connectivity index (χ0n) is 9.19. The molecule has 0 aliphatic carbocycles. The number of carbonyl (C=O) groups is 1. The minimum absolute atomic E-state index is 0.282. The van der Waals surface area contributed by atoms with E-state index in [9.17, 15) is 14.4 Å². The first-order valence-electron chi connectivity index (χ1n) is 5.06. The predicted octanol–water partition coefficient (Wildman–Crippen LogP) is -0.564. The summed E-state index contributed by atoms with van der Waals surface area (Å²) in [7, 11) is 1.45. The van der Waals surface area contributed by atoms with Gasteiger partial charge in [-0.05, 0) is 12.1 Å². The fourth-order valence-electron chi connectivity index (χ4n) is 1.57. The molecule has 1 aromatic heterocycles. The molecule has 0 saturated carbocycles. The summed E-state index contributed by atoms with van der Waals surface area (Å²) in [6.07, 6.45) is 0. The standard InChI is InChI=1S/C11H11N3O3/c1-12-9(15)6-14-10(16)7-4-2-3-5-8(7)13-11(14)17/h2-5H,6H2,1H3,(H,12,15)(H,13,17). The van der Waals surface area contributed by atoms with Gasteiger partial charge in [-0.15, -0.1) is 0 Å². The predicted molar refractivity (Wildman–Crippen MR) is 62.9 cm³/mol. The molecule has 17 heavy (non-hydrogen) atoms. The highest BCUT2D eigenvalue weighted by Gasteiger charge is 2.09. The smallest absolute Gasteiger partial charge is 0.329 e. The summed E-state index contributed by atoms with van der Waals surface area (Å²) in [4.78, 5) is 37.4. The second-order valence-electron chi connectivity index (χ2n) is 3.54. The molecule has 1 amide bonds. The second kappa shape index (κ2) is 4.25. The van der Waals surface area contributed by atoms with Crippen LogP contribution in [0.5, 0.6) is 0 Å². The van der Waals surface area contributed by atoms with Gasteiger partial charge in [0.25, 0.3) is 5.56 Å². The molecule has 1 heterocycles. The van der Waals surface area contributed by atoms with E-state index in [1.807, 2.05) is 0 Å². The van der Waals surface area contributed by atoms with Crippen LogP contribution in [-0.4, -0.2) is 22.5 Å². The molecule has 0 spiro atoms. The Hall–Kier alpha value is -2.37. The summed E-state index contributed by atoms with van der Waals surface area (Å²) in [6.45, 7) is -0.282. The Kier molecular flexibility index (Phi) is 2.78. The number of rotatable bonds is 2. The van der Waals surface area contributed by atoms with Gasteiger partial charge in [-0.25, -0.2) is 4.79 Å². The highest BCUT2D eigenvalue weighted by atomic mass is 16.2. The Balaban J connectivity index is 2.68. The van der Waals surface area contributed by atoms with Crippen LogP contribution < -0.4 is 16.6 Å². The van der Waals surface area contributed by atoms with Crippen LogP contribution in [0.3, 0.4) is 0 Å². The van der Waals surface area contributed by atoms with Crippen LogP contribution in [0.25, 0.3) is 10.9 Å². The molecule has 1 aromatic carbocycles. The molecule has 6 heteroatoms. The quantitative estimate of drug-likeness (QED) is 0.729. The molecule has 0 radical (unpaired) electrons. The lowest BCUT2D eigenvalue weighted by atomic mass is 10.2. The molecular formula is C11H11N3O3. The minimum Gasteiger partial charge on any atom is -0.358 e. The molecule has 2 rings (SSSR count). The third-order valence-corrected chi connectivity index (χ3v) is 2.47. The van der Waals surface area contributed by atoms with Crippen molar-refractivity contribution in [1.29, 1.82) is 0 Å². The number of likely N-dealkylation sites (N-methyl/N-ethyl adjacent to an activating group) is 1. The van der Waals surface area contributed by atoms with Crippen molar-refractivity contribution in [2.45, 2.75) is 6.54 Å². The molecule has 0 atom stereocenters. The number of aromatic nitrogens is 2. The number of fused-ring (bicyclic) bond motifs is 1. The fourth-order valence-corrected chi connectivity index (χ4v) is 1.57. The number of carbonyl (C=O) groups excluding carboxylic acids is 1. The number of hydrogen-bond acceptors (Lipinski definition) is 3. The third-order valence-electron chi connectivity index (χ3n) is 2.47. The van der Waals surface area contributed by atoms with Crippen molar-refractivity contribution < 1.29 is 4.79 Å². The molecule has 6 nitrogen and oxygen atoms in total. The van der Waals surface area contributed by atoms with Crippen molar-refractivity contribution in [3.05, 3.63) is 45.1 Å². The van der Waals surface area contributed by atoms with Crippen molar-refractivity contribution in [2.24, 2.45) is 0 Å². The summed E-state index contributed by atoms with van der Waals surface area (Å²) in [6, 6.07) is 6.67. The van der Waals surface area contributed by atoms with Crippen molar-refractivity contribution in [2.75, 3.05) is 7.05 Å². The zero-order chi connectivity index (χ0) is 12.4. The molecular weight excluding hydrogens is 222 g/mol. The van der Waals surface area contributed by atoms with Crippen LogP contribution in [-0.2, 0) is 11.3 Å². The molecule has 0 bridgehead atoms. The fraction of sp³-hybridized carbons (Fsp3) is 0.182. The van der Waals surface area contributed by atoms with Gasteiger partial charge < -0.3 is 10.3 Å². The van der Waals surface area contributed by atoms with Crippen LogP contribution in [0.15, 0.2) is 33.9 Å². The SMILES string of the molecule is CNC(=O)Cn1c(=O)[nH]c2ccccc2c1=O. The van der Waals surface area contributed by atoms with Gasteiger partial charge in [0.2, 0.25) is 5.91 Å². The van der Waals surface area contributed by atoms with E-state index in [4.69, 9.17) is 0 Å². The Labute approximate surface area is 95.9 Å². The summed E-state index contributed by atoms with van der Waals surface area (Å²) in [5, 5.41) is 2.75. The molecule has 88 valence electrons. The first-order chi connectivity index (χ1) is 8.13. The largest absolute Gasteiger partial charge is 0.358 e. The van der Waals surface area contributed by atoms with E-state index in [0.29, 0.717) is 10.9 Å². The van der Waals surface area contributed by atoms with E-state index in [1.165, 1.54) is 7.05 Å². The summed E-state index contributed by atoms with van der Waals surface area (Å²) >= 11 is 0. The maximum Gasteiger partial charge on any atom is 0.329 e. The van der Waals surface area contributed by atoms with Crippen LogP contribution in [0.2, 0.25) is 0 Å². The van der Waals surface area contributed by atoms with Gasteiger partial charge in [-0.3, -0.25) is 14.2 Å². The van der Waals surface area contributed by atoms with Crippen molar-refractivity contribution >= 4 is 16.8 Å². The number of nitrogens with one attached hydrogen (secondary N) is 2. The molecule has 0 saturated heterocycles. The van der Waals surface area contributed by atoms with E-state index in [2.05, 4.69) is 10.3 Å². The van der Waals surface area contributed by atoms with Crippen molar-refractivity contribution in [3.8, 4) is 0 Å². The molecule has 0 unspecified atom stereocenters. The van der Waals surface area contributed by atoms with Gasteiger partial charge in [0.15, 0.2) is 0 Å². The van der Waals surface area contributed by atoms with E-state index in [-0.39, 0.29) is 6.54 Å². The van der Waals surface area contributed by atoms with E-state index in [0.717, 1.165) is 4.57 Å². The average Bonchev–Trinajstić information content (AvgIpc) is 2.34. The Morgan fingerprint density at radius 3 is 2.76 bits per heavy atom. The van der Waals surface area contributed by atoms with Gasteiger partial charge in [-0.2, -0.15) is 0 Å². The number of para-hydroxylation sites is 1. The number of benzene rings is 1. The van der Waals surface area contributed by atoms with Crippen LogP contribution >= 0.6 is 0 Å². The van der Waals surface area contributed by atoms with Crippen LogP contribution in [0.1, 0.15) is 0 Å². The Morgan fingerprint density at radius 2 is 2.06 bits per heavy atom. The average molecular weight is 233 g/mol. The number of H-pyrrole nitrogens is 1. The third kappa shape index (κ3) is 1.96. The molecule has 0 aliphatic rings. The Morgan fingerprint density at radius 1 is 1.35 bits per heavy atom. The normalized spacial score (nSPS) is 10.4. The lowest BCUT2D eigenvalue weighted by molar-refractivity contribution is -0.121. The van der Waals surface area contributed by atoms with E-state index in [1.54, 1.807) is 24.3 Å². The number of amides is 1. The first-order valence-corrected chi connectivity index (χ1v) is 5.06. The highest BCUT2D eigenvalue weighted by Crippen LogP contribution is 2.02. The minimum atomic E-state index is -0.586. The van der Waals surface area contributed by atoms with Gasteiger partial charge in [0.05, 0.1) is 10.9 Å². The van der Waals surface area contributed by atoms with Crippen molar-refractivity contribution in [3.63, 3.8) is 0 Å². The first kappa shape index (κ1) is 11.1. The highest BCUT2D eigenvalue weighted by molar-refractivity contribution is 5.78. The van der Waals surface area contributed by atoms with Crippen LogP contribution in [0.4, 0.5) is 0 Å². The zero-order valence-corrected chi connectivity index (χ0v) is 9.19. The van der Waals surface area contributed by atoms with Crippen molar-refractivity contribution in [1.82, 2.24) is 14.9 Å². The number of aromatic amines is 1.